The van der Waals surface area contributed by atoms with Crippen LogP contribution in [0.5, 0.6) is 0 Å². The molecular formula is CH4NaO3P. The minimum absolute atomic E-state index is 0. The summed E-state index contributed by atoms with van der Waals surface area (Å²) >= 11 is 0. The Labute approximate surface area is 58.5 Å². The van der Waals surface area contributed by atoms with E-state index in [9.17, 15) is 9.46 Å². The predicted molar refractivity (Wildman–Crippen MR) is 16.1 cm³/mol. The number of aliphatic hydroxyl groups excluding tert-OH is 1. The van der Waals surface area contributed by atoms with Gasteiger partial charge < -0.3 is 14.6 Å². The van der Waals surface area contributed by atoms with E-state index in [0.717, 1.165) is 0 Å². The normalized spacial score (nSPS) is 12.3. The molecular weight excluding hydrogens is 114 g/mol. The molecule has 1 unspecified atom stereocenters. The maximum absolute atomic E-state index is 9.19. The van der Waals surface area contributed by atoms with Crippen LogP contribution in [-0.4, -0.2) is 11.5 Å². The molecule has 0 spiro atoms. The Morgan fingerprint density at radius 2 is 2.00 bits per heavy atom. The summed E-state index contributed by atoms with van der Waals surface area (Å²) in [6.07, 6.45) is -0.704. The fourth-order valence-corrected chi connectivity index (χ4v) is 0. The zero-order valence-corrected chi connectivity index (χ0v) is 6.47. The van der Waals surface area contributed by atoms with E-state index in [4.69, 9.17) is 5.11 Å². The standard InChI is InChI=1S/CH5O3P.Na/c2-1-5(3)4;/h2,5H,1H2,(H,3,4);/q;+1/p-1. The van der Waals surface area contributed by atoms with Crippen molar-refractivity contribution in [1.29, 1.82) is 0 Å². The fourth-order valence-electron chi connectivity index (χ4n) is 0. The van der Waals surface area contributed by atoms with Crippen LogP contribution in [0.2, 0.25) is 0 Å². The molecule has 3 nitrogen and oxygen atoms in total. The number of rotatable bonds is 1. The Bertz CT molecular complexity index is 46.1. The van der Waals surface area contributed by atoms with Crippen molar-refractivity contribution in [1.82, 2.24) is 0 Å². The second-order valence-electron chi connectivity index (χ2n) is 0.530. The van der Waals surface area contributed by atoms with E-state index in [1.54, 1.807) is 0 Å². The van der Waals surface area contributed by atoms with Gasteiger partial charge >= 0.3 is 29.6 Å². The summed E-state index contributed by atoms with van der Waals surface area (Å²) < 4.78 is 9.19. The summed E-state index contributed by atoms with van der Waals surface area (Å²) in [5.74, 6) is 0. The first-order chi connectivity index (χ1) is 2.27. The molecule has 0 aromatic rings. The molecule has 0 aromatic carbocycles. The Hall–Kier alpha value is 1.15. The Morgan fingerprint density at radius 3 is 2.00 bits per heavy atom. The van der Waals surface area contributed by atoms with Crippen molar-refractivity contribution in [3.05, 3.63) is 0 Å². The molecule has 32 valence electrons. The molecule has 0 aliphatic heterocycles. The molecule has 0 saturated heterocycles. The first-order valence-electron chi connectivity index (χ1n) is 1.08. The molecule has 0 bridgehead atoms. The van der Waals surface area contributed by atoms with Gasteiger partial charge in [0.15, 0.2) is 0 Å². The van der Waals surface area contributed by atoms with Crippen LogP contribution >= 0.6 is 8.03 Å². The zero-order valence-electron chi connectivity index (χ0n) is 3.47. The summed E-state index contributed by atoms with van der Waals surface area (Å²) in [6.45, 7) is 0. The van der Waals surface area contributed by atoms with Crippen LogP contribution in [0.3, 0.4) is 0 Å². The van der Waals surface area contributed by atoms with Crippen molar-refractivity contribution in [2.24, 2.45) is 0 Å². The van der Waals surface area contributed by atoms with E-state index in [1.165, 1.54) is 0 Å². The van der Waals surface area contributed by atoms with E-state index in [1.807, 2.05) is 0 Å². The first kappa shape index (κ1) is 10.2. The number of hydrogen-bond donors (Lipinski definition) is 1. The third-order valence-corrected chi connectivity index (χ3v) is 0.387. The molecule has 5 heteroatoms. The monoisotopic (exact) mass is 118 g/mol. The molecule has 6 heavy (non-hydrogen) atoms. The Kier molecular flexibility index (Phi) is 10.5. The average Bonchev–Trinajstić information content (AvgIpc) is 1.38. The largest absolute Gasteiger partial charge is 1.00 e. The molecule has 0 aromatic heterocycles. The average molecular weight is 118 g/mol. The summed E-state index contributed by atoms with van der Waals surface area (Å²) in [6, 6.07) is 0. The van der Waals surface area contributed by atoms with Gasteiger partial charge in [-0.3, -0.25) is 0 Å². The minimum Gasteiger partial charge on any atom is -0.800 e. The van der Waals surface area contributed by atoms with Gasteiger partial charge in [0.25, 0.3) is 0 Å². The maximum atomic E-state index is 9.19. The topological polar surface area (TPSA) is 60.4 Å². The zero-order chi connectivity index (χ0) is 4.28. The van der Waals surface area contributed by atoms with Crippen molar-refractivity contribution < 1.29 is 44.1 Å². The molecule has 1 N–H and O–H groups in total. The van der Waals surface area contributed by atoms with Gasteiger partial charge in [-0.25, -0.2) is 0 Å². The fraction of sp³-hybridized carbons (Fsp3) is 1.00. The van der Waals surface area contributed by atoms with Crippen LogP contribution in [0.25, 0.3) is 0 Å². The molecule has 0 aliphatic carbocycles. The van der Waals surface area contributed by atoms with E-state index in [0.29, 0.717) is 0 Å². The van der Waals surface area contributed by atoms with Crippen molar-refractivity contribution in [2.75, 3.05) is 6.35 Å². The quantitative estimate of drug-likeness (QED) is 0.280. The van der Waals surface area contributed by atoms with Crippen molar-refractivity contribution in [3.63, 3.8) is 0 Å². The second-order valence-corrected chi connectivity index (χ2v) is 1.59. The predicted octanol–water partition coefficient (Wildman–Crippen LogP) is -4.22. The summed E-state index contributed by atoms with van der Waals surface area (Å²) in [4.78, 5) is 9.19. The van der Waals surface area contributed by atoms with Crippen LogP contribution in [0.4, 0.5) is 0 Å². The van der Waals surface area contributed by atoms with Crippen LogP contribution in [0, 0.1) is 0 Å². The van der Waals surface area contributed by atoms with Crippen LogP contribution in [0.15, 0.2) is 0 Å². The summed E-state index contributed by atoms with van der Waals surface area (Å²) in [5, 5.41) is 7.56. The third-order valence-electron chi connectivity index (χ3n) is 0.129. The molecule has 0 heterocycles. The number of aliphatic hydroxyl groups is 1. The summed E-state index contributed by atoms with van der Waals surface area (Å²) in [7, 11) is -2.82. The molecule has 0 aliphatic rings. The Balaban J connectivity index is 0. The van der Waals surface area contributed by atoms with Crippen molar-refractivity contribution >= 4 is 8.03 Å². The van der Waals surface area contributed by atoms with Crippen LogP contribution < -0.4 is 34.5 Å². The van der Waals surface area contributed by atoms with Gasteiger partial charge in [0, 0.05) is 8.03 Å². The minimum atomic E-state index is -2.82. The number of hydrogen-bond acceptors (Lipinski definition) is 3. The van der Waals surface area contributed by atoms with E-state index in [2.05, 4.69) is 0 Å². The first-order valence-corrected chi connectivity index (χ1v) is 2.60. The van der Waals surface area contributed by atoms with E-state index >= 15 is 0 Å². The molecule has 0 radical (unpaired) electrons. The molecule has 0 amide bonds. The molecule has 0 fully saturated rings. The van der Waals surface area contributed by atoms with Crippen LogP contribution in [-0.2, 0) is 4.57 Å². The van der Waals surface area contributed by atoms with Gasteiger partial charge in [0.1, 0.15) is 0 Å². The van der Waals surface area contributed by atoms with Crippen molar-refractivity contribution in [2.45, 2.75) is 0 Å². The molecule has 0 rings (SSSR count). The van der Waals surface area contributed by atoms with Gasteiger partial charge in [-0.05, 0) is 0 Å². The van der Waals surface area contributed by atoms with E-state index in [-0.39, 0.29) is 29.6 Å². The van der Waals surface area contributed by atoms with Gasteiger partial charge in [-0.1, -0.05) is 0 Å². The maximum Gasteiger partial charge on any atom is 1.00 e. The summed E-state index contributed by atoms with van der Waals surface area (Å²) in [5.41, 5.74) is 0. The van der Waals surface area contributed by atoms with Gasteiger partial charge in [0.2, 0.25) is 0 Å². The SMILES string of the molecule is O=[PH]([O-])CO.[Na+]. The third kappa shape index (κ3) is 8.94. The van der Waals surface area contributed by atoms with Crippen LogP contribution in [0.1, 0.15) is 0 Å². The Morgan fingerprint density at radius 1 is 1.83 bits per heavy atom. The smallest absolute Gasteiger partial charge is 0.800 e. The molecule has 1 atom stereocenters. The van der Waals surface area contributed by atoms with Gasteiger partial charge in [-0.15, -0.1) is 0 Å². The van der Waals surface area contributed by atoms with Gasteiger partial charge in [0.05, 0.1) is 6.35 Å². The second kappa shape index (κ2) is 6.15. The van der Waals surface area contributed by atoms with Gasteiger partial charge in [-0.2, -0.15) is 0 Å². The van der Waals surface area contributed by atoms with Crippen molar-refractivity contribution in [3.8, 4) is 0 Å². The van der Waals surface area contributed by atoms with E-state index < -0.39 is 14.4 Å². The molecule has 0 saturated carbocycles.